The van der Waals surface area contributed by atoms with Crippen LogP contribution in [-0.4, -0.2) is 45.9 Å². The van der Waals surface area contributed by atoms with E-state index < -0.39 is 17.9 Å². The minimum atomic E-state index is -0.808. The highest BCUT2D eigenvalue weighted by atomic mass is 32.1. The van der Waals surface area contributed by atoms with Gasteiger partial charge in [-0.3, -0.25) is 14.4 Å². The van der Waals surface area contributed by atoms with E-state index in [4.69, 9.17) is 20.9 Å². The summed E-state index contributed by atoms with van der Waals surface area (Å²) in [6.45, 7) is 4.28. The van der Waals surface area contributed by atoms with E-state index in [-0.39, 0.29) is 47.5 Å². The summed E-state index contributed by atoms with van der Waals surface area (Å²) in [6, 6.07) is 4.78. The van der Waals surface area contributed by atoms with Crippen LogP contribution >= 0.6 is 11.5 Å². The number of nitrogen functional groups attached to an aromatic ring is 1. The van der Waals surface area contributed by atoms with Crippen LogP contribution in [0.15, 0.2) is 18.2 Å². The van der Waals surface area contributed by atoms with Crippen LogP contribution in [0.4, 0.5) is 5.69 Å². The summed E-state index contributed by atoms with van der Waals surface area (Å²) in [5.74, 6) is -0.129. The van der Waals surface area contributed by atoms with Gasteiger partial charge in [0.15, 0.2) is 17.2 Å². The molecule has 0 radical (unpaired) electrons. The van der Waals surface area contributed by atoms with Gasteiger partial charge in [0.1, 0.15) is 10.9 Å². The van der Waals surface area contributed by atoms with Crippen molar-refractivity contribution in [2.24, 2.45) is 11.7 Å². The second kappa shape index (κ2) is 10.5. The molecule has 1 aromatic heterocycles. The molecule has 10 nitrogen and oxygen atoms in total. The lowest BCUT2D eigenvalue weighted by molar-refractivity contribution is -0.127. The molecule has 5 N–H and O–H groups in total. The molecule has 0 saturated heterocycles. The van der Waals surface area contributed by atoms with E-state index in [1.807, 2.05) is 19.9 Å². The third-order valence-electron chi connectivity index (χ3n) is 6.28. The maximum Gasteiger partial charge on any atom is 0.270 e. The van der Waals surface area contributed by atoms with Gasteiger partial charge in [-0.25, -0.2) is 0 Å². The summed E-state index contributed by atoms with van der Waals surface area (Å²) in [4.78, 5) is 40.6. The van der Waals surface area contributed by atoms with Crippen LogP contribution in [0, 0.1) is 5.92 Å². The Morgan fingerprint density at radius 2 is 1.91 bits per heavy atom. The van der Waals surface area contributed by atoms with Gasteiger partial charge >= 0.3 is 0 Å². The zero-order valence-corrected chi connectivity index (χ0v) is 20.7. The summed E-state index contributed by atoms with van der Waals surface area (Å²) in [6.07, 6.45) is 4.47. The predicted octanol–water partition coefficient (Wildman–Crippen LogP) is 2.67. The van der Waals surface area contributed by atoms with E-state index >= 15 is 0 Å². The number of rotatable bonds is 9. The Balaban J connectivity index is 1.69. The van der Waals surface area contributed by atoms with Crippen molar-refractivity contribution in [3.63, 3.8) is 0 Å². The number of carbonyl (C=O) groups excluding carboxylic acids is 3. The molecule has 0 unspecified atom stereocenters. The molecule has 4 rings (SSSR count). The van der Waals surface area contributed by atoms with Crippen molar-refractivity contribution < 1.29 is 23.9 Å². The van der Waals surface area contributed by atoms with Crippen LogP contribution in [0.25, 0.3) is 0 Å². The fraction of sp³-hybridized carbons (Fsp3) is 0.500. The minimum Gasteiger partial charge on any atom is -0.454 e. The number of aromatic nitrogens is 1. The second-order valence-corrected chi connectivity index (χ2v) is 10.2. The van der Waals surface area contributed by atoms with E-state index in [0.717, 1.165) is 42.8 Å². The average molecular weight is 502 g/mol. The van der Waals surface area contributed by atoms with Crippen molar-refractivity contribution in [1.29, 1.82) is 0 Å². The third-order valence-corrected chi connectivity index (χ3v) is 7.13. The van der Waals surface area contributed by atoms with Gasteiger partial charge in [0.25, 0.3) is 11.8 Å². The molecule has 2 aromatic rings. The Hall–Kier alpha value is -3.34. The van der Waals surface area contributed by atoms with Gasteiger partial charge in [0.2, 0.25) is 12.7 Å². The SMILES string of the molecule is CC(C)C[C@@H](C(=O)NC1CCCC1)N(Cc1ccc2c(c1)OCO2)C(=O)c1snc(C(N)=O)c1N. The number of primary amides is 1. The Bertz CT molecular complexity index is 1110. The van der Waals surface area contributed by atoms with Crippen LogP contribution < -0.4 is 26.3 Å². The van der Waals surface area contributed by atoms with Crippen LogP contribution in [0.3, 0.4) is 0 Å². The molecule has 0 bridgehead atoms. The Morgan fingerprint density at radius 1 is 1.20 bits per heavy atom. The van der Waals surface area contributed by atoms with E-state index in [1.165, 1.54) is 4.90 Å². The van der Waals surface area contributed by atoms with Gasteiger partial charge in [0, 0.05) is 12.6 Å². The number of anilines is 1. The molecule has 1 aliphatic heterocycles. The molecule has 35 heavy (non-hydrogen) atoms. The van der Waals surface area contributed by atoms with Gasteiger partial charge in [-0.1, -0.05) is 32.8 Å². The van der Waals surface area contributed by atoms with Crippen LogP contribution in [0.2, 0.25) is 0 Å². The number of nitrogens with one attached hydrogen (secondary N) is 1. The number of hydrogen-bond acceptors (Lipinski definition) is 8. The molecule has 11 heteroatoms. The Kier molecular flexibility index (Phi) is 7.44. The van der Waals surface area contributed by atoms with Gasteiger partial charge in [-0.05, 0) is 54.4 Å². The number of hydrogen-bond donors (Lipinski definition) is 3. The number of benzene rings is 1. The maximum atomic E-state index is 13.8. The lowest BCUT2D eigenvalue weighted by Gasteiger charge is -2.33. The van der Waals surface area contributed by atoms with Gasteiger partial charge in [0.05, 0.1) is 5.69 Å². The monoisotopic (exact) mass is 501 g/mol. The van der Waals surface area contributed by atoms with Crippen LogP contribution in [0.5, 0.6) is 11.5 Å². The first kappa shape index (κ1) is 24.8. The number of nitrogens with two attached hydrogens (primary N) is 2. The van der Waals surface area contributed by atoms with Gasteiger partial charge in [-0.15, -0.1) is 0 Å². The molecule has 1 aromatic carbocycles. The van der Waals surface area contributed by atoms with Crippen molar-refractivity contribution in [2.75, 3.05) is 12.5 Å². The van der Waals surface area contributed by atoms with Gasteiger partial charge < -0.3 is 31.2 Å². The minimum absolute atomic E-state index is 0.0670. The molecule has 188 valence electrons. The quantitative estimate of drug-likeness (QED) is 0.478. The number of amides is 3. The predicted molar refractivity (Wildman–Crippen MR) is 131 cm³/mol. The van der Waals surface area contributed by atoms with Crippen LogP contribution in [0.1, 0.15) is 71.7 Å². The second-order valence-electron chi connectivity index (χ2n) is 9.39. The summed E-state index contributed by atoms with van der Waals surface area (Å²) < 4.78 is 14.9. The maximum absolute atomic E-state index is 13.8. The molecule has 2 aliphatic rings. The van der Waals surface area contributed by atoms with Crippen LogP contribution in [-0.2, 0) is 11.3 Å². The fourth-order valence-corrected chi connectivity index (χ4v) is 5.27. The normalized spacial score (nSPS) is 15.9. The van der Waals surface area contributed by atoms with E-state index in [0.29, 0.717) is 17.9 Å². The van der Waals surface area contributed by atoms with Crippen molar-refractivity contribution in [1.82, 2.24) is 14.6 Å². The number of carbonyl (C=O) groups is 3. The smallest absolute Gasteiger partial charge is 0.270 e. The third kappa shape index (κ3) is 5.50. The van der Waals surface area contributed by atoms with E-state index in [1.54, 1.807) is 12.1 Å². The molecule has 0 spiro atoms. The molecule has 1 saturated carbocycles. The van der Waals surface area contributed by atoms with Crippen molar-refractivity contribution in [2.45, 2.75) is 64.6 Å². The van der Waals surface area contributed by atoms with Crippen molar-refractivity contribution in [3.05, 3.63) is 34.3 Å². The highest BCUT2D eigenvalue weighted by Crippen LogP contribution is 2.34. The average Bonchev–Trinajstić information content (AvgIpc) is 3.56. The molecule has 1 atom stereocenters. The largest absolute Gasteiger partial charge is 0.454 e. The van der Waals surface area contributed by atoms with E-state index in [9.17, 15) is 14.4 Å². The first-order valence-corrected chi connectivity index (χ1v) is 12.6. The topological polar surface area (TPSA) is 150 Å². The Labute approximate surface area is 208 Å². The van der Waals surface area contributed by atoms with Crippen molar-refractivity contribution in [3.8, 4) is 11.5 Å². The molecule has 3 amide bonds. The highest BCUT2D eigenvalue weighted by Gasteiger charge is 2.35. The fourth-order valence-electron chi connectivity index (χ4n) is 4.51. The number of fused-ring (bicyclic) bond motifs is 1. The molecular formula is C24H31N5O5S. The zero-order valence-electron chi connectivity index (χ0n) is 19.9. The Morgan fingerprint density at radius 3 is 2.57 bits per heavy atom. The van der Waals surface area contributed by atoms with Gasteiger partial charge in [-0.2, -0.15) is 4.37 Å². The van der Waals surface area contributed by atoms with Crippen molar-refractivity contribution >= 4 is 34.9 Å². The number of nitrogens with zero attached hydrogens (tertiary/aromatic N) is 2. The highest BCUT2D eigenvalue weighted by molar-refractivity contribution is 7.09. The first-order chi connectivity index (χ1) is 16.7. The summed E-state index contributed by atoms with van der Waals surface area (Å²) in [5.41, 5.74) is 12.0. The lowest BCUT2D eigenvalue weighted by atomic mass is 9.99. The number of ether oxygens (including phenoxy) is 2. The summed E-state index contributed by atoms with van der Waals surface area (Å²) in [7, 11) is 0. The molecule has 1 fully saturated rings. The standard InChI is InChI=1S/C24H31N5O5S/c1-13(2)9-16(23(31)27-15-5-3-4-6-15)29(11-14-7-8-17-18(10-14)34-12-33-17)24(32)21-19(25)20(22(26)30)28-35-21/h7-8,10,13,15-16H,3-6,9,11-12,25H2,1-2H3,(H2,26,30)(H,27,31)/t16-/m0/s1. The molecule has 2 heterocycles. The van der Waals surface area contributed by atoms with E-state index in [2.05, 4.69) is 9.69 Å². The molecule has 1 aliphatic carbocycles. The zero-order chi connectivity index (χ0) is 25.1. The first-order valence-electron chi connectivity index (χ1n) is 11.8. The molecular weight excluding hydrogens is 470 g/mol. The summed E-state index contributed by atoms with van der Waals surface area (Å²) >= 11 is 0.809. The summed E-state index contributed by atoms with van der Waals surface area (Å²) in [5, 5.41) is 3.14. The lowest BCUT2D eigenvalue weighted by Crippen LogP contribution is -2.51.